The second-order valence-corrected chi connectivity index (χ2v) is 15.0. The molecule has 1 aliphatic rings. The third-order valence-corrected chi connectivity index (χ3v) is 8.74. The third-order valence-electron chi connectivity index (χ3n) is 7.60. The lowest BCUT2D eigenvalue weighted by atomic mass is 9.78. The van der Waals surface area contributed by atoms with Crippen LogP contribution in [0.4, 0.5) is 0 Å². The summed E-state index contributed by atoms with van der Waals surface area (Å²) in [5.41, 5.74) is -4.16. The Bertz CT molecular complexity index is 1880. The van der Waals surface area contributed by atoms with Crippen molar-refractivity contribution in [2.75, 3.05) is 6.61 Å². The Morgan fingerprint density at radius 3 is 2.21 bits per heavy atom. The Balaban J connectivity index is 1.49. The van der Waals surface area contributed by atoms with Crippen molar-refractivity contribution in [1.82, 2.24) is 15.0 Å². The Morgan fingerprint density at radius 1 is 0.915 bits per heavy atom. The van der Waals surface area contributed by atoms with Gasteiger partial charge in [0.1, 0.15) is 29.1 Å². The van der Waals surface area contributed by atoms with E-state index in [9.17, 15) is 24.0 Å². The maximum absolute atomic E-state index is 14.1. The molecule has 0 N–H and O–H groups in total. The van der Waals surface area contributed by atoms with Gasteiger partial charge in [-0.25, -0.2) is 4.68 Å². The highest BCUT2D eigenvalue weighted by atomic mass is 32.1. The van der Waals surface area contributed by atoms with E-state index in [0.717, 1.165) is 27.6 Å². The molecule has 11 nitrogen and oxygen atoms in total. The van der Waals surface area contributed by atoms with Gasteiger partial charge in [-0.3, -0.25) is 24.0 Å². The molecule has 0 radical (unpaired) electrons. The molecule has 0 aliphatic heterocycles. The highest BCUT2D eigenvalue weighted by Crippen LogP contribution is 2.38. The molecule has 0 bridgehead atoms. The molecule has 248 valence electrons. The van der Waals surface area contributed by atoms with Crippen LogP contribution in [-0.4, -0.2) is 56.3 Å². The fourth-order valence-electron chi connectivity index (χ4n) is 5.02. The van der Waals surface area contributed by atoms with Gasteiger partial charge >= 0.3 is 11.9 Å². The summed E-state index contributed by atoms with van der Waals surface area (Å²) < 4.78 is 19.0. The van der Waals surface area contributed by atoms with Crippen molar-refractivity contribution in [1.29, 1.82) is 0 Å². The lowest BCUT2D eigenvalue weighted by molar-refractivity contribution is -0.186. The molecule has 2 aromatic heterocycles. The SMILES string of the molecule is CC(C)(C)OC(=O)C(CCn1nnc2ccccc2c1=O)(CC(=O)c1cc2ccc(OCC(=O)C3CC3)cc2s1)C(=O)OC(C)(C)C. The van der Waals surface area contributed by atoms with Gasteiger partial charge in [-0.05, 0) is 103 Å². The normalized spacial score (nSPS) is 13.8. The summed E-state index contributed by atoms with van der Waals surface area (Å²) >= 11 is 1.18. The molecule has 47 heavy (non-hydrogen) atoms. The number of benzene rings is 2. The Labute approximate surface area is 276 Å². The van der Waals surface area contributed by atoms with Crippen molar-refractivity contribution in [2.45, 2.75) is 85.0 Å². The van der Waals surface area contributed by atoms with Gasteiger partial charge in [0.25, 0.3) is 5.56 Å². The minimum absolute atomic E-state index is 0.00763. The molecule has 0 saturated heterocycles. The van der Waals surface area contributed by atoms with Crippen molar-refractivity contribution >= 4 is 55.8 Å². The highest BCUT2D eigenvalue weighted by Gasteiger charge is 2.52. The second-order valence-electron chi connectivity index (χ2n) is 13.9. The van der Waals surface area contributed by atoms with E-state index in [1.807, 2.05) is 0 Å². The molecule has 12 heteroatoms. The zero-order valence-corrected chi connectivity index (χ0v) is 28.3. The number of hydrogen-bond acceptors (Lipinski definition) is 11. The summed E-state index contributed by atoms with van der Waals surface area (Å²) in [4.78, 5) is 67.8. The van der Waals surface area contributed by atoms with E-state index in [1.54, 1.807) is 90.1 Å². The van der Waals surface area contributed by atoms with Crippen molar-refractivity contribution in [2.24, 2.45) is 11.3 Å². The summed E-state index contributed by atoms with van der Waals surface area (Å²) in [6.07, 6.45) is 0.919. The first-order chi connectivity index (χ1) is 22.0. The van der Waals surface area contributed by atoms with E-state index < -0.39 is 46.3 Å². The number of hydrogen-bond donors (Lipinski definition) is 0. The molecular weight excluding hydrogens is 622 g/mol. The van der Waals surface area contributed by atoms with Gasteiger partial charge in [-0.1, -0.05) is 17.3 Å². The largest absolute Gasteiger partial charge is 0.486 e. The Kier molecular flexibility index (Phi) is 9.36. The van der Waals surface area contributed by atoms with Gasteiger partial charge < -0.3 is 14.2 Å². The second kappa shape index (κ2) is 13.0. The van der Waals surface area contributed by atoms with E-state index >= 15 is 0 Å². The maximum Gasteiger partial charge on any atom is 0.324 e. The Morgan fingerprint density at radius 2 is 1.57 bits per heavy atom. The monoisotopic (exact) mass is 661 g/mol. The molecule has 2 aromatic carbocycles. The van der Waals surface area contributed by atoms with E-state index in [0.29, 0.717) is 21.5 Å². The van der Waals surface area contributed by atoms with Crippen LogP contribution < -0.4 is 10.3 Å². The first-order valence-electron chi connectivity index (χ1n) is 15.6. The molecule has 1 fully saturated rings. The molecule has 1 saturated carbocycles. The number of aromatic nitrogens is 3. The highest BCUT2D eigenvalue weighted by molar-refractivity contribution is 7.20. The van der Waals surface area contributed by atoms with Gasteiger partial charge in [0.05, 0.1) is 10.3 Å². The zero-order valence-electron chi connectivity index (χ0n) is 27.5. The molecular formula is C35H39N3O8S. The predicted octanol–water partition coefficient (Wildman–Crippen LogP) is 5.70. The molecule has 0 atom stereocenters. The van der Waals surface area contributed by atoms with E-state index in [4.69, 9.17) is 14.2 Å². The van der Waals surface area contributed by atoms with Crippen LogP contribution in [0.15, 0.2) is 53.3 Å². The number of rotatable bonds is 12. The number of carbonyl (C=O) groups is 4. The van der Waals surface area contributed by atoms with E-state index in [2.05, 4.69) is 10.3 Å². The van der Waals surface area contributed by atoms with Gasteiger partial charge in [0.2, 0.25) is 0 Å². The lowest BCUT2D eigenvalue weighted by Gasteiger charge is -2.34. The minimum Gasteiger partial charge on any atom is -0.486 e. The number of fused-ring (bicyclic) bond motifs is 2. The average molecular weight is 662 g/mol. The van der Waals surface area contributed by atoms with Crippen LogP contribution in [0.3, 0.4) is 0 Å². The summed E-state index contributed by atoms with van der Waals surface area (Å²) in [7, 11) is 0. The quantitative estimate of drug-likeness (QED) is 0.105. The number of esters is 2. The molecule has 4 aromatic rings. The van der Waals surface area contributed by atoms with Gasteiger partial charge in [-0.2, -0.15) is 0 Å². The summed E-state index contributed by atoms with van der Waals surface area (Å²) in [5, 5.41) is 9.22. The van der Waals surface area contributed by atoms with Crippen LogP contribution in [0.5, 0.6) is 5.75 Å². The van der Waals surface area contributed by atoms with Crippen LogP contribution in [0.2, 0.25) is 0 Å². The van der Waals surface area contributed by atoms with Crippen LogP contribution >= 0.6 is 11.3 Å². The van der Waals surface area contributed by atoms with Crippen molar-refractivity contribution in [3.05, 3.63) is 63.8 Å². The maximum atomic E-state index is 14.1. The summed E-state index contributed by atoms with van der Waals surface area (Å²) in [5.74, 6) is -1.69. The molecule has 2 heterocycles. The molecule has 5 rings (SSSR count). The average Bonchev–Trinajstić information content (AvgIpc) is 3.75. The number of carbonyl (C=O) groups excluding carboxylic acids is 4. The Hall–Kier alpha value is -4.45. The minimum atomic E-state index is -2.11. The van der Waals surface area contributed by atoms with Crippen LogP contribution in [-0.2, 0) is 30.4 Å². The molecule has 0 unspecified atom stereocenters. The fourth-order valence-corrected chi connectivity index (χ4v) is 6.04. The van der Waals surface area contributed by atoms with Crippen molar-refractivity contribution in [3.63, 3.8) is 0 Å². The first kappa shape index (κ1) is 33.9. The topological polar surface area (TPSA) is 144 Å². The lowest BCUT2D eigenvalue weighted by Crippen LogP contribution is -2.49. The fraction of sp³-hybridized carbons (Fsp3) is 0.457. The standard InChI is InChI=1S/C35H39N3O8S/c1-33(2,3)45-31(42)35(32(43)46-34(4,5)6,15-16-38-30(41)24-9-7-8-10-25(24)36-37-38)19-26(39)29-17-22-13-14-23(18-28(22)47-29)44-20-27(40)21-11-12-21/h7-10,13-14,17-18,21H,11-12,15-16,19-20H2,1-6H3. The number of thiophene rings is 1. The van der Waals surface area contributed by atoms with Crippen molar-refractivity contribution in [3.8, 4) is 5.75 Å². The summed E-state index contributed by atoms with van der Waals surface area (Å²) in [6, 6.07) is 13.7. The van der Waals surface area contributed by atoms with Crippen LogP contribution in [0, 0.1) is 11.3 Å². The first-order valence-corrected chi connectivity index (χ1v) is 16.4. The van der Waals surface area contributed by atoms with Crippen LogP contribution in [0.1, 0.15) is 76.9 Å². The number of Topliss-reactive ketones (excluding diaryl/α,β-unsaturated/α-hetero) is 2. The van der Waals surface area contributed by atoms with Crippen molar-refractivity contribution < 1.29 is 33.4 Å². The number of ketones is 2. The van der Waals surface area contributed by atoms with Gasteiger partial charge in [-0.15, -0.1) is 16.4 Å². The zero-order chi connectivity index (χ0) is 34.1. The van der Waals surface area contributed by atoms with E-state index in [-0.39, 0.29) is 31.3 Å². The number of nitrogens with zero attached hydrogens (tertiary/aromatic N) is 3. The number of aryl methyl sites for hydroxylation is 1. The number of ether oxygens (including phenoxy) is 3. The molecule has 0 amide bonds. The molecule has 0 spiro atoms. The smallest absolute Gasteiger partial charge is 0.324 e. The van der Waals surface area contributed by atoms with Gasteiger partial charge in [0.15, 0.2) is 17.0 Å². The van der Waals surface area contributed by atoms with Gasteiger partial charge in [0, 0.05) is 23.6 Å². The van der Waals surface area contributed by atoms with Crippen LogP contribution in [0.25, 0.3) is 21.0 Å². The summed E-state index contributed by atoms with van der Waals surface area (Å²) in [6.45, 7) is 9.75. The third kappa shape index (κ3) is 8.10. The molecule has 1 aliphatic carbocycles. The van der Waals surface area contributed by atoms with E-state index in [1.165, 1.54) is 11.3 Å². The predicted molar refractivity (Wildman–Crippen MR) is 177 cm³/mol.